The van der Waals surface area contributed by atoms with Crippen LogP contribution < -0.4 is 10.0 Å². The molecule has 0 radical (unpaired) electrons. The van der Waals surface area contributed by atoms with Crippen LogP contribution in [-0.4, -0.2) is 26.7 Å². The molecule has 0 atom stereocenters. The molecule has 0 heterocycles. The molecule has 0 aliphatic carbocycles. The number of hydrogen-bond donors (Lipinski definition) is 2. The minimum Gasteiger partial charge on any atom is -0.326 e. The first-order chi connectivity index (χ1) is 15.3. The average Bonchev–Trinajstić information content (AvgIpc) is 2.79. The van der Waals surface area contributed by atoms with Crippen LogP contribution in [0.2, 0.25) is 0 Å². The zero-order valence-corrected chi connectivity index (χ0v) is 18.1. The quantitative estimate of drug-likeness (QED) is 0.454. The molecule has 0 aliphatic heterocycles. The highest BCUT2D eigenvalue weighted by Crippen LogP contribution is 2.15. The molecule has 2 N–H and O–H groups in total. The van der Waals surface area contributed by atoms with E-state index in [-0.39, 0.29) is 36.0 Å². The highest BCUT2D eigenvalue weighted by molar-refractivity contribution is 7.89. The second-order valence-electron chi connectivity index (χ2n) is 7.14. The minimum atomic E-state index is -3.66. The predicted octanol–water partition coefficient (Wildman–Crippen LogP) is 3.95. The lowest BCUT2D eigenvalue weighted by Gasteiger charge is -2.09. The van der Waals surface area contributed by atoms with Crippen molar-refractivity contribution in [3.05, 3.63) is 95.8 Å². The summed E-state index contributed by atoms with van der Waals surface area (Å²) in [5.41, 5.74) is 1.80. The highest BCUT2D eigenvalue weighted by atomic mass is 32.2. The highest BCUT2D eigenvalue weighted by Gasteiger charge is 2.14. The van der Waals surface area contributed by atoms with E-state index >= 15 is 0 Å². The van der Waals surface area contributed by atoms with Gasteiger partial charge in [0.15, 0.2) is 5.78 Å². The SMILES string of the molecule is O=C(CCC(=O)c1ccc(F)cc1)Nc1ccc(S(=O)(=O)NCCc2ccccc2)cc1. The number of rotatable bonds is 10. The maximum Gasteiger partial charge on any atom is 0.240 e. The lowest BCUT2D eigenvalue weighted by molar-refractivity contribution is -0.116. The summed E-state index contributed by atoms with van der Waals surface area (Å²) in [6, 6.07) is 20.5. The molecule has 3 aromatic rings. The molecule has 0 saturated carbocycles. The molecule has 0 aliphatic rings. The van der Waals surface area contributed by atoms with Gasteiger partial charge in [-0.1, -0.05) is 30.3 Å². The van der Waals surface area contributed by atoms with E-state index in [1.54, 1.807) is 0 Å². The van der Waals surface area contributed by atoms with Gasteiger partial charge in [0, 0.05) is 30.6 Å². The van der Waals surface area contributed by atoms with Gasteiger partial charge in [-0.25, -0.2) is 17.5 Å². The lowest BCUT2D eigenvalue weighted by Crippen LogP contribution is -2.26. The molecule has 166 valence electrons. The number of sulfonamides is 1. The van der Waals surface area contributed by atoms with Crippen LogP contribution in [0.25, 0.3) is 0 Å². The Bertz CT molecular complexity index is 1160. The summed E-state index contributed by atoms with van der Waals surface area (Å²) in [4.78, 5) is 24.3. The fourth-order valence-corrected chi connectivity index (χ4v) is 4.04. The maximum atomic E-state index is 12.9. The topological polar surface area (TPSA) is 92.3 Å². The van der Waals surface area contributed by atoms with Crippen molar-refractivity contribution in [2.75, 3.05) is 11.9 Å². The Morgan fingerprint density at radius 2 is 1.47 bits per heavy atom. The molecule has 0 saturated heterocycles. The van der Waals surface area contributed by atoms with Gasteiger partial charge < -0.3 is 5.32 Å². The molecule has 32 heavy (non-hydrogen) atoms. The van der Waals surface area contributed by atoms with Crippen molar-refractivity contribution < 1.29 is 22.4 Å². The fourth-order valence-electron chi connectivity index (χ4n) is 3.01. The summed E-state index contributed by atoms with van der Waals surface area (Å²) in [5, 5.41) is 2.63. The number of amides is 1. The molecule has 8 heteroatoms. The van der Waals surface area contributed by atoms with E-state index in [9.17, 15) is 22.4 Å². The molecule has 0 unspecified atom stereocenters. The van der Waals surface area contributed by atoms with Crippen molar-refractivity contribution in [3.8, 4) is 0 Å². The third kappa shape index (κ3) is 6.83. The van der Waals surface area contributed by atoms with Gasteiger partial charge in [0.05, 0.1) is 4.90 Å². The van der Waals surface area contributed by atoms with Gasteiger partial charge in [-0.3, -0.25) is 9.59 Å². The Labute approximate surface area is 186 Å². The summed E-state index contributed by atoms with van der Waals surface area (Å²) < 4.78 is 40.3. The predicted molar refractivity (Wildman–Crippen MR) is 120 cm³/mol. The molecule has 3 rings (SSSR count). The number of anilines is 1. The molecule has 0 fully saturated rings. The van der Waals surface area contributed by atoms with Crippen LogP contribution >= 0.6 is 0 Å². The smallest absolute Gasteiger partial charge is 0.240 e. The van der Waals surface area contributed by atoms with Crippen LogP contribution in [0.1, 0.15) is 28.8 Å². The number of halogens is 1. The number of carbonyl (C=O) groups is 2. The van der Waals surface area contributed by atoms with Crippen LogP contribution in [0.5, 0.6) is 0 Å². The summed E-state index contributed by atoms with van der Waals surface area (Å²) in [6.07, 6.45) is 0.511. The van der Waals surface area contributed by atoms with Crippen LogP contribution in [0.4, 0.5) is 10.1 Å². The van der Waals surface area contributed by atoms with Crippen LogP contribution in [0.15, 0.2) is 83.8 Å². The zero-order valence-electron chi connectivity index (χ0n) is 17.3. The Kier molecular flexibility index (Phi) is 7.86. The third-order valence-electron chi connectivity index (χ3n) is 4.74. The van der Waals surface area contributed by atoms with E-state index < -0.39 is 15.8 Å². The number of benzene rings is 3. The van der Waals surface area contributed by atoms with E-state index in [0.29, 0.717) is 17.7 Å². The monoisotopic (exact) mass is 454 g/mol. The van der Waals surface area contributed by atoms with Gasteiger partial charge in [-0.15, -0.1) is 0 Å². The number of carbonyl (C=O) groups excluding carboxylic acids is 2. The van der Waals surface area contributed by atoms with Crippen molar-refractivity contribution in [1.82, 2.24) is 4.72 Å². The molecular weight excluding hydrogens is 431 g/mol. The van der Waals surface area contributed by atoms with E-state index in [4.69, 9.17) is 0 Å². The molecule has 0 aromatic heterocycles. The van der Waals surface area contributed by atoms with Gasteiger partial charge in [-0.2, -0.15) is 0 Å². The van der Waals surface area contributed by atoms with Crippen LogP contribution in [-0.2, 0) is 21.2 Å². The van der Waals surface area contributed by atoms with Crippen molar-refractivity contribution >= 4 is 27.4 Å². The number of ketones is 1. The fraction of sp³-hybridized carbons (Fsp3) is 0.167. The number of hydrogen-bond acceptors (Lipinski definition) is 4. The minimum absolute atomic E-state index is 0.0186. The largest absolute Gasteiger partial charge is 0.326 e. The Balaban J connectivity index is 1.48. The molecule has 0 spiro atoms. The average molecular weight is 455 g/mol. The van der Waals surface area contributed by atoms with Crippen molar-refractivity contribution in [3.63, 3.8) is 0 Å². The Hall–Kier alpha value is -3.36. The molecule has 6 nitrogen and oxygen atoms in total. The third-order valence-corrected chi connectivity index (χ3v) is 6.22. The Morgan fingerprint density at radius 3 is 2.12 bits per heavy atom. The van der Waals surface area contributed by atoms with Gasteiger partial charge in [-0.05, 0) is 60.5 Å². The van der Waals surface area contributed by atoms with Gasteiger partial charge in [0.25, 0.3) is 0 Å². The second kappa shape index (κ2) is 10.8. The van der Waals surface area contributed by atoms with Crippen molar-refractivity contribution in [2.24, 2.45) is 0 Å². The van der Waals surface area contributed by atoms with Crippen molar-refractivity contribution in [1.29, 1.82) is 0 Å². The first-order valence-electron chi connectivity index (χ1n) is 10.1. The molecule has 0 bridgehead atoms. The van der Waals surface area contributed by atoms with Crippen LogP contribution in [0.3, 0.4) is 0 Å². The first kappa shape index (κ1) is 23.3. The van der Waals surface area contributed by atoms with Gasteiger partial charge >= 0.3 is 0 Å². The molecule has 3 aromatic carbocycles. The van der Waals surface area contributed by atoms with Crippen LogP contribution in [0, 0.1) is 5.82 Å². The lowest BCUT2D eigenvalue weighted by atomic mass is 10.1. The molecular formula is C24H23FN2O4S. The zero-order chi connectivity index (χ0) is 23.0. The van der Waals surface area contributed by atoms with E-state index in [0.717, 1.165) is 5.56 Å². The van der Waals surface area contributed by atoms with E-state index in [2.05, 4.69) is 10.0 Å². The van der Waals surface area contributed by atoms with Gasteiger partial charge in [0.1, 0.15) is 5.82 Å². The molecule has 1 amide bonds. The summed E-state index contributed by atoms with van der Waals surface area (Å²) in [6.45, 7) is 0.271. The second-order valence-corrected chi connectivity index (χ2v) is 8.90. The Morgan fingerprint density at radius 1 is 0.812 bits per heavy atom. The van der Waals surface area contributed by atoms with Crippen molar-refractivity contribution in [2.45, 2.75) is 24.2 Å². The summed E-state index contributed by atoms with van der Waals surface area (Å²) in [5.74, 6) is -1.07. The van der Waals surface area contributed by atoms with Gasteiger partial charge in [0.2, 0.25) is 15.9 Å². The number of Topliss-reactive ketones (excluding diaryl/α,β-unsaturated/α-hetero) is 1. The normalized spacial score (nSPS) is 11.2. The number of nitrogens with one attached hydrogen (secondary N) is 2. The first-order valence-corrected chi connectivity index (χ1v) is 11.5. The van der Waals surface area contributed by atoms with E-state index in [1.165, 1.54) is 48.5 Å². The summed E-state index contributed by atoms with van der Waals surface area (Å²) in [7, 11) is -3.66. The summed E-state index contributed by atoms with van der Waals surface area (Å²) >= 11 is 0. The standard InChI is InChI=1S/C24H23FN2O4S/c25-20-8-6-19(7-9-20)23(28)14-15-24(29)27-21-10-12-22(13-11-21)32(30,31)26-17-16-18-4-2-1-3-5-18/h1-13,26H,14-17H2,(H,27,29). The van der Waals surface area contributed by atoms with E-state index in [1.807, 2.05) is 30.3 Å². The maximum absolute atomic E-state index is 12.9.